The number of nitrogens with zero attached hydrogens (tertiary/aromatic N) is 2. The second kappa shape index (κ2) is 6.91. The molecule has 0 aliphatic rings. The average molecular weight is 360 g/mol. The first-order valence-electron chi connectivity index (χ1n) is 7.03. The second-order valence-corrected chi connectivity index (χ2v) is 5.87. The third-order valence-electron chi connectivity index (χ3n) is 3.40. The van der Waals surface area contributed by atoms with Crippen LogP contribution < -0.4 is 4.74 Å². The van der Waals surface area contributed by atoms with E-state index in [1.165, 1.54) is 6.07 Å². The van der Waals surface area contributed by atoms with Gasteiger partial charge in [-0.1, -0.05) is 35.3 Å². The van der Waals surface area contributed by atoms with Gasteiger partial charge in [0.05, 0.1) is 22.1 Å². The Morgan fingerprint density at radius 3 is 2.79 bits per heavy atom. The Kier molecular flexibility index (Phi) is 4.70. The van der Waals surface area contributed by atoms with Crippen LogP contribution in [0.15, 0.2) is 42.5 Å². The van der Waals surface area contributed by atoms with Crippen molar-refractivity contribution in [3.63, 3.8) is 0 Å². The molecule has 1 heterocycles. The number of ether oxygens (including phenoxy) is 1. The van der Waals surface area contributed by atoms with Gasteiger partial charge in [0, 0.05) is 5.02 Å². The molecule has 1 atom stereocenters. The van der Waals surface area contributed by atoms with E-state index in [0.29, 0.717) is 27.1 Å². The van der Waals surface area contributed by atoms with Crippen LogP contribution in [-0.2, 0) is 4.79 Å². The van der Waals surface area contributed by atoms with Gasteiger partial charge < -0.3 is 9.72 Å². The Bertz CT molecular complexity index is 913. The fraction of sp³-hybridized carbons (Fsp3) is 0.118. The highest BCUT2D eigenvalue weighted by atomic mass is 35.5. The van der Waals surface area contributed by atoms with Crippen LogP contribution in [0, 0.1) is 11.3 Å². The summed E-state index contributed by atoms with van der Waals surface area (Å²) < 4.78 is 5.40. The summed E-state index contributed by atoms with van der Waals surface area (Å²) in [5, 5.41) is 10.1. The molecule has 1 N–H and O–H groups in total. The Morgan fingerprint density at radius 2 is 2.08 bits per heavy atom. The van der Waals surface area contributed by atoms with Crippen molar-refractivity contribution in [2.24, 2.45) is 0 Å². The molecule has 0 amide bonds. The minimum Gasteiger partial charge on any atom is -0.484 e. The molecular weight excluding hydrogens is 349 g/mol. The molecule has 3 aromatic rings. The van der Waals surface area contributed by atoms with Crippen LogP contribution in [0.2, 0.25) is 10.0 Å². The van der Waals surface area contributed by atoms with E-state index in [4.69, 9.17) is 27.9 Å². The van der Waals surface area contributed by atoms with Crippen molar-refractivity contribution in [1.29, 1.82) is 5.26 Å². The first kappa shape index (κ1) is 16.3. The van der Waals surface area contributed by atoms with Crippen molar-refractivity contribution < 1.29 is 9.53 Å². The number of aromatic nitrogens is 2. The van der Waals surface area contributed by atoms with Gasteiger partial charge >= 0.3 is 0 Å². The number of H-pyrrole nitrogens is 1. The summed E-state index contributed by atoms with van der Waals surface area (Å²) in [5.41, 5.74) is 1.46. The predicted octanol–water partition coefficient (Wildman–Crippen LogP) is 4.12. The van der Waals surface area contributed by atoms with Gasteiger partial charge in [-0.05, 0) is 30.3 Å². The van der Waals surface area contributed by atoms with E-state index in [1.54, 1.807) is 18.2 Å². The topological polar surface area (TPSA) is 78.8 Å². The number of aromatic amines is 1. The van der Waals surface area contributed by atoms with Gasteiger partial charge in [0.25, 0.3) is 0 Å². The predicted molar refractivity (Wildman–Crippen MR) is 91.4 cm³/mol. The van der Waals surface area contributed by atoms with Gasteiger partial charge in [-0.2, -0.15) is 5.26 Å². The molecule has 0 aliphatic carbocycles. The van der Waals surface area contributed by atoms with Crippen LogP contribution in [0.1, 0.15) is 11.7 Å². The highest BCUT2D eigenvalue weighted by Gasteiger charge is 2.24. The largest absolute Gasteiger partial charge is 0.484 e. The highest BCUT2D eigenvalue weighted by Crippen LogP contribution is 2.28. The lowest BCUT2D eigenvalue weighted by molar-refractivity contribution is -0.121. The van der Waals surface area contributed by atoms with E-state index in [0.717, 1.165) is 5.52 Å². The van der Waals surface area contributed by atoms with Gasteiger partial charge in [-0.3, -0.25) is 4.79 Å². The Morgan fingerprint density at radius 1 is 1.29 bits per heavy atom. The lowest BCUT2D eigenvalue weighted by Crippen LogP contribution is -2.20. The molecule has 0 radical (unpaired) electrons. The van der Waals surface area contributed by atoms with Crippen molar-refractivity contribution >= 4 is 40.0 Å². The summed E-state index contributed by atoms with van der Waals surface area (Å²) in [7, 11) is 0. The molecule has 7 heteroatoms. The fourth-order valence-corrected chi connectivity index (χ4v) is 2.68. The standard InChI is InChI=1S/C17H11Cl2N3O2/c18-10-5-6-16(12(19)7-10)24-9-15(23)11(8-20)17-21-13-3-1-2-4-14(13)22-17/h1-7,11H,9H2,(H,21,22)/t11-/m1/s1. The Hall–Kier alpha value is -2.55. The zero-order valence-corrected chi connectivity index (χ0v) is 13.8. The first-order valence-corrected chi connectivity index (χ1v) is 7.79. The maximum atomic E-state index is 12.3. The molecule has 5 nitrogen and oxygen atoms in total. The van der Waals surface area contributed by atoms with E-state index in [9.17, 15) is 10.1 Å². The Labute approximate surface area is 147 Å². The molecule has 0 saturated heterocycles. The molecule has 120 valence electrons. The summed E-state index contributed by atoms with van der Waals surface area (Å²) in [5.74, 6) is -0.823. The molecule has 0 unspecified atom stereocenters. The number of imidazole rings is 1. The molecule has 0 aliphatic heterocycles. The van der Waals surface area contributed by atoms with E-state index in [1.807, 2.05) is 24.3 Å². The molecule has 0 bridgehead atoms. The molecule has 0 saturated carbocycles. The number of carbonyl (C=O) groups excluding carboxylic acids is 1. The van der Waals surface area contributed by atoms with E-state index >= 15 is 0 Å². The number of fused-ring (bicyclic) bond motifs is 1. The number of nitrogens with one attached hydrogen (secondary N) is 1. The van der Waals surface area contributed by atoms with Crippen molar-refractivity contribution in [2.75, 3.05) is 6.61 Å². The summed E-state index contributed by atoms with van der Waals surface area (Å²) >= 11 is 11.8. The zero-order valence-electron chi connectivity index (χ0n) is 12.3. The quantitative estimate of drug-likeness (QED) is 0.742. The summed E-state index contributed by atoms with van der Waals surface area (Å²) in [6, 6.07) is 14.0. The summed E-state index contributed by atoms with van der Waals surface area (Å²) in [6.45, 7) is -0.295. The number of hydrogen-bond acceptors (Lipinski definition) is 4. The number of carbonyl (C=O) groups is 1. The van der Waals surface area contributed by atoms with Gasteiger partial charge in [0.1, 0.15) is 18.2 Å². The lowest BCUT2D eigenvalue weighted by atomic mass is 10.1. The zero-order chi connectivity index (χ0) is 17.1. The SMILES string of the molecule is N#C[C@H](C(=O)COc1ccc(Cl)cc1Cl)c1nc2ccccc2[nH]1. The van der Waals surface area contributed by atoms with Crippen molar-refractivity contribution in [2.45, 2.75) is 5.92 Å². The smallest absolute Gasteiger partial charge is 0.194 e. The minimum absolute atomic E-state index is 0.295. The van der Waals surface area contributed by atoms with Crippen molar-refractivity contribution in [1.82, 2.24) is 9.97 Å². The van der Waals surface area contributed by atoms with E-state index < -0.39 is 11.7 Å². The number of halogens is 2. The van der Waals surface area contributed by atoms with Gasteiger partial charge in [-0.25, -0.2) is 4.98 Å². The number of nitriles is 1. The second-order valence-electron chi connectivity index (χ2n) is 5.03. The van der Waals surface area contributed by atoms with Crippen molar-refractivity contribution in [3.05, 3.63) is 58.3 Å². The normalized spacial score (nSPS) is 11.9. The monoisotopic (exact) mass is 359 g/mol. The van der Waals surface area contributed by atoms with Crippen LogP contribution >= 0.6 is 23.2 Å². The van der Waals surface area contributed by atoms with E-state index in [-0.39, 0.29) is 6.61 Å². The maximum Gasteiger partial charge on any atom is 0.194 e. The van der Waals surface area contributed by atoms with E-state index in [2.05, 4.69) is 9.97 Å². The molecule has 3 rings (SSSR count). The van der Waals surface area contributed by atoms with Crippen molar-refractivity contribution in [3.8, 4) is 11.8 Å². The van der Waals surface area contributed by atoms with Gasteiger partial charge in [0.2, 0.25) is 0 Å². The summed E-state index contributed by atoms with van der Waals surface area (Å²) in [6.07, 6.45) is 0. The number of rotatable bonds is 5. The van der Waals surface area contributed by atoms with Crippen LogP contribution in [0.5, 0.6) is 5.75 Å². The van der Waals surface area contributed by atoms with Crippen LogP contribution in [0.3, 0.4) is 0 Å². The minimum atomic E-state index is -1.04. The van der Waals surface area contributed by atoms with Gasteiger partial charge in [0.15, 0.2) is 11.7 Å². The number of hydrogen-bond donors (Lipinski definition) is 1. The number of benzene rings is 2. The molecule has 24 heavy (non-hydrogen) atoms. The number of ketones is 1. The highest BCUT2D eigenvalue weighted by molar-refractivity contribution is 6.35. The lowest BCUT2D eigenvalue weighted by Gasteiger charge is -2.09. The molecule has 0 fully saturated rings. The summed E-state index contributed by atoms with van der Waals surface area (Å²) in [4.78, 5) is 19.6. The van der Waals surface area contributed by atoms with Crippen LogP contribution in [0.25, 0.3) is 11.0 Å². The molecule has 2 aromatic carbocycles. The fourth-order valence-electron chi connectivity index (χ4n) is 2.22. The average Bonchev–Trinajstić information content (AvgIpc) is 2.98. The molecule has 1 aromatic heterocycles. The number of para-hydroxylation sites is 2. The Balaban J connectivity index is 1.75. The van der Waals surface area contributed by atoms with Gasteiger partial charge in [-0.15, -0.1) is 0 Å². The maximum absolute atomic E-state index is 12.3. The number of Topliss-reactive ketones (excluding diaryl/α,β-unsaturated/α-hetero) is 1. The molecular formula is C17H11Cl2N3O2. The third kappa shape index (κ3) is 3.35. The van der Waals surface area contributed by atoms with Crippen LogP contribution in [0.4, 0.5) is 0 Å². The van der Waals surface area contributed by atoms with Crippen LogP contribution in [-0.4, -0.2) is 22.4 Å². The molecule has 0 spiro atoms. The third-order valence-corrected chi connectivity index (χ3v) is 3.93. The first-order chi connectivity index (χ1) is 11.6.